The Morgan fingerprint density at radius 3 is 2.39 bits per heavy atom. The van der Waals surface area contributed by atoms with Gasteiger partial charge in [0, 0.05) is 17.7 Å². The Kier molecular flexibility index (Phi) is 5.03. The van der Waals surface area contributed by atoms with E-state index >= 15 is 0 Å². The minimum atomic E-state index is -0.553. The second kappa shape index (κ2) is 7.17. The molecule has 118 valence electrons. The van der Waals surface area contributed by atoms with Gasteiger partial charge in [0.1, 0.15) is 5.75 Å². The van der Waals surface area contributed by atoms with Crippen LogP contribution in [-0.4, -0.2) is 23.7 Å². The van der Waals surface area contributed by atoms with Crippen molar-refractivity contribution >= 4 is 23.1 Å². The van der Waals surface area contributed by atoms with Crippen LogP contribution in [0.2, 0.25) is 0 Å². The highest BCUT2D eigenvalue weighted by molar-refractivity contribution is 6.11. The number of amides is 1. The maximum atomic E-state index is 12.0. The van der Waals surface area contributed by atoms with Gasteiger partial charge in [0.05, 0.1) is 24.1 Å². The number of ketones is 1. The molecule has 7 nitrogen and oxygen atoms in total. The van der Waals surface area contributed by atoms with Gasteiger partial charge in [-0.05, 0) is 24.3 Å². The molecule has 2 aromatic rings. The van der Waals surface area contributed by atoms with Crippen LogP contribution in [0.25, 0.3) is 0 Å². The highest BCUT2D eigenvalue weighted by atomic mass is 16.6. The Morgan fingerprint density at radius 2 is 1.78 bits per heavy atom. The van der Waals surface area contributed by atoms with E-state index in [4.69, 9.17) is 4.74 Å². The van der Waals surface area contributed by atoms with Gasteiger partial charge in [-0.15, -0.1) is 0 Å². The number of rotatable bonds is 6. The molecule has 0 aromatic heterocycles. The summed E-state index contributed by atoms with van der Waals surface area (Å²) in [5, 5.41) is 13.2. The average Bonchev–Trinajstić information content (AvgIpc) is 2.55. The van der Waals surface area contributed by atoms with Crippen LogP contribution in [-0.2, 0) is 4.79 Å². The van der Waals surface area contributed by atoms with Gasteiger partial charge in [0.2, 0.25) is 5.91 Å². The molecule has 0 spiro atoms. The van der Waals surface area contributed by atoms with Crippen LogP contribution in [0.4, 0.5) is 11.4 Å². The van der Waals surface area contributed by atoms with Gasteiger partial charge >= 0.3 is 0 Å². The first-order valence-corrected chi connectivity index (χ1v) is 6.72. The molecule has 7 heteroatoms. The van der Waals surface area contributed by atoms with E-state index in [1.54, 1.807) is 24.3 Å². The van der Waals surface area contributed by atoms with Crippen molar-refractivity contribution in [3.8, 4) is 5.75 Å². The van der Waals surface area contributed by atoms with Gasteiger partial charge in [-0.25, -0.2) is 0 Å². The summed E-state index contributed by atoms with van der Waals surface area (Å²) < 4.78 is 5.11. The topological polar surface area (TPSA) is 98.5 Å². The fourth-order valence-corrected chi connectivity index (χ4v) is 1.96. The summed E-state index contributed by atoms with van der Waals surface area (Å²) in [6, 6.07) is 12.0. The number of para-hydroxylation sites is 2. The molecule has 0 fully saturated rings. The number of anilines is 1. The predicted molar refractivity (Wildman–Crippen MR) is 83.7 cm³/mol. The molecule has 1 N–H and O–H groups in total. The molecule has 0 bridgehead atoms. The van der Waals surface area contributed by atoms with E-state index in [2.05, 4.69) is 5.32 Å². The van der Waals surface area contributed by atoms with E-state index in [1.165, 1.54) is 31.4 Å². The summed E-state index contributed by atoms with van der Waals surface area (Å²) in [5.41, 5.74) is 0.599. The summed E-state index contributed by atoms with van der Waals surface area (Å²) in [4.78, 5) is 34.0. The molecule has 2 rings (SSSR count). The van der Waals surface area contributed by atoms with Crippen molar-refractivity contribution in [2.45, 2.75) is 6.42 Å². The van der Waals surface area contributed by atoms with E-state index in [9.17, 15) is 19.7 Å². The molecular weight excluding hydrogens is 300 g/mol. The number of hydrogen-bond acceptors (Lipinski definition) is 5. The van der Waals surface area contributed by atoms with Crippen LogP contribution >= 0.6 is 0 Å². The number of nitro benzene ring substituents is 1. The van der Waals surface area contributed by atoms with Gasteiger partial charge < -0.3 is 10.1 Å². The summed E-state index contributed by atoms with van der Waals surface area (Å²) in [6.45, 7) is 0. The van der Waals surface area contributed by atoms with Crippen LogP contribution in [0.1, 0.15) is 16.8 Å². The minimum Gasteiger partial charge on any atom is -0.495 e. The van der Waals surface area contributed by atoms with Crippen LogP contribution in [0.5, 0.6) is 5.75 Å². The van der Waals surface area contributed by atoms with Crippen molar-refractivity contribution in [1.29, 1.82) is 0 Å². The Bertz CT molecular complexity index is 740. The number of hydrogen-bond donors (Lipinski definition) is 1. The zero-order chi connectivity index (χ0) is 16.8. The molecule has 1 amide bonds. The number of nitrogens with one attached hydrogen (secondary N) is 1. The van der Waals surface area contributed by atoms with E-state index in [-0.39, 0.29) is 17.7 Å². The standard InChI is InChI=1S/C16H14N2O5/c1-23-15-5-3-2-4-13(15)17-16(20)10-14(19)11-6-8-12(9-7-11)18(21)22/h2-9H,10H2,1H3,(H,17,20). The number of Topliss-reactive ketones (excluding diaryl/α,β-unsaturated/α-hetero) is 1. The van der Waals surface area contributed by atoms with E-state index in [1.807, 2.05) is 0 Å². The lowest BCUT2D eigenvalue weighted by atomic mass is 10.1. The first-order valence-electron chi connectivity index (χ1n) is 6.72. The van der Waals surface area contributed by atoms with E-state index in [0.29, 0.717) is 11.4 Å². The molecule has 0 heterocycles. The second-order valence-electron chi connectivity index (χ2n) is 4.65. The highest BCUT2D eigenvalue weighted by Crippen LogP contribution is 2.23. The van der Waals surface area contributed by atoms with Crippen molar-refractivity contribution < 1.29 is 19.2 Å². The summed E-state index contributed by atoms with van der Waals surface area (Å²) in [7, 11) is 1.48. The third kappa shape index (κ3) is 4.13. The van der Waals surface area contributed by atoms with Crippen LogP contribution in [0.3, 0.4) is 0 Å². The molecule has 23 heavy (non-hydrogen) atoms. The maximum absolute atomic E-state index is 12.0. The smallest absolute Gasteiger partial charge is 0.269 e. The lowest BCUT2D eigenvalue weighted by molar-refractivity contribution is -0.384. The number of non-ortho nitro benzene ring substituents is 1. The number of methoxy groups -OCH3 is 1. The molecule has 0 radical (unpaired) electrons. The lowest BCUT2D eigenvalue weighted by Crippen LogP contribution is -2.17. The fourth-order valence-electron chi connectivity index (χ4n) is 1.96. The first kappa shape index (κ1) is 16.2. The van der Waals surface area contributed by atoms with Crippen LogP contribution in [0, 0.1) is 10.1 Å². The SMILES string of the molecule is COc1ccccc1NC(=O)CC(=O)c1ccc([N+](=O)[O-])cc1. The number of nitro groups is 1. The van der Waals surface area contributed by atoms with Crippen molar-refractivity contribution in [2.24, 2.45) is 0 Å². The largest absolute Gasteiger partial charge is 0.495 e. The molecule has 0 aliphatic heterocycles. The Hall–Kier alpha value is -3.22. The zero-order valence-electron chi connectivity index (χ0n) is 12.3. The molecule has 0 aliphatic rings. The number of benzene rings is 2. The zero-order valence-corrected chi connectivity index (χ0v) is 12.3. The van der Waals surface area contributed by atoms with Gasteiger partial charge in [-0.3, -0.25) is 19.7 Å². The maximum Gasteiger partial charge on any atom is 0.269 e. The van der Waals surface area contributed by atoms with Gasteiger partial charge in [-0.2, -0.15) is 0 Å². The number of nitrogens with zero attached hydrogens (tertiary/aromatic N) is 1. The number of carbonyl (C=O) groups is 2. The van der Waals surface area contributed by atoms with Gasteiger partial charge in [0.25, 0.3) is 5.69 Å². The fraction of sp³-hybridized carbons (Fsp3) is 0.125. The van der Waals surface area contributed by atoms with Crippen molar-refractivity contribution in [3.63, 3.8) is 0 Å². The first-order chi connectivity index (χ1) is 11.0. The van der Waals surface area contributed by atoms with E-state index in [0.717, 1.165) is 0 Å². The minimum absolute atomic E-state index is 0.111. The molecule has 0 atom stereocenters. The Labute approximate surface area is 132 Å². The molecule has 0 aliphatic carbocycles. The van der Waals surface area contributed by atoms with Gasteiger partial charge in [0.15, 0.2) is 5.78 Å². The molecule has 0 saturated carbocycles. The monoisotopic (exact) mass is 314 g/mol. The molecular formula is C16H14N2O5. The third-order valence-corrected chi connectivity index (χ3v) is 3.10. The molecule has 2 aromatic carbocycles. The van der Waals surface area contributed by atoms with Crippen molar-refractivity contribution in [2.75, 3.05) is 12.4 Å². The predicted octanol–water partition coefficient (Wildman–Crippen LogP) is 2.81. The molecule has 0 unspecified atom stereocenters. The van der Waals surface area contributed by atoms with E-state index < -0.39 is 16.6 Å². The van der Waals surface area contributed by atoms with Crippen molar-refractivity contribution in [1.82, 2.24) is 0 Å². The average molecular weight is 314 g/mol. The summed E-state index contributed by atoms with van der Waals surface area (Å²) in [6.07, 6.45) is -0.365. The Balaban J connectivity index is 2.02. The number of carbonyl (C=O) groups excluding carboxylic acids is 2. The van der Waals surface area contributed by atoms with Crippen LogP contribution in [0.15, 0.2) is 48.5 Å². The van der Waals surface area contributed by atoms with Crippen molar-refractivity contribution in [3.05, 3.63) is 64.2 Å². The molecule has 0 saturated heterocycles. The summed E-state index contributed by atoms with van der Waals surface area (Å²) in [5.74, 6) is -0.422. The van der Waals surface area contributed by atoms with Gasteiger partial charge in [-0.1, -0.05) is 12.1 Å². The normalized spacial score (nSPS) is 9.96. The Morgan fingerprint density at radius 1 is 1.13 bits per heavy atom. The second-order valence-corrected chi connectivity index (χ2v) is 4.65. The quantitative estimate of drug-likeness (QED) is 0.382. The lowest BCUT2D eigenvalue weighted by Gasteiger charge is -2.09. The van der Waals surface area contributed by atoms with Crippen LogP contribution < -0.4 is 10.1 Å². The highest BCUT2D eigenvalue weighted by Gasteiger charge is 2.15. The third-order valence-electron chi connectivity index (χ3n) is 3.10. The number of ether oxygens (including phenoxy) is 1. The summed E-state index contributed by atoms with van der Waals surface area (Å²) >= 11 is 0.